The van der Waals surface area contributed by atoms with E-state index in [1.807, 2.05) is 10.9 Å². The van der Waals surface area contributed by atoms with Crippen LogP contribution in [0.5, 0.6) is 0 Å². The number of likely N-dealkylation sites (tertiary alicyclic amines) is 2. The van der Waals surface area contributed by atoms with Crippen LogP contribution in [-0.4, -0.2) is 90.4 Å². The number of amides is 1. The lowest BCUT2D eigenvalue weighted by Crippen LogP contribution is -2.46. The fourth-order valence-electron chi connectivity index (χ4n) is 5.04. The van der Waals surface area contributed by atoms with E-state index < -0.39 is 29.7 Å². The zero-order chi connectivity index (χ0) is 28.1. The summed E-state index contributed by atoms with van der Waals surface area (Å²) >= 11 is 0. The molecule has 2 aliphatic heterocycles. The summed E-state index contributed by atoms with van der Waals surface area (Å²) in [6, 6.07) is 8.17. The number of halogens is 2. The lowest BCUT2D eigenvalue weighted by Gasteiger charge is -2.28. The molecule has 0 saturated carbocycles. The predicted molar refractivity (Wildman–Crippen MR) is 139 cm³/mol. The van der Waals surface area contributed by atoms with E-state index in [0.29, 0.717) is 23.4 Å². The molecule has 1 unspecified atom stereocenters. The first-order chi connectivity index (χ1) is 19.1. The van der Waals surface area contributed by atoms with Crippen molar-refractivity contribution >= 4 is 17.5 Å². The average Bonchev–Trinajstić information content (AvgIpc) is 3.66. The van der Waals surface area contributed by atoms with Crippen molar-refractivity contribution in [2.45, 2.75) is 30.4 Å². The number of hydrogen-bond acceptors (Lipinski definition) is 10. The Hall–Kier alpha value is -4.30. The van der Waals surface area contributed by atoms with Crippen LogP contribution in [0.15, 0.2) is 53.4 Å². The molecule has 2 N–H and O–H groups in total. The Morgan fingerprint density at radius 1 is 1.07 bits per heavy atom. The molecule has 14 heteroatoms. The van der Waals surface area contributed by atoms with Gasteiger partial charge >= 0.3 is 5.92 Å². The second-order valence-corrected chi connectivity index (χ2v) is 10.2. The summed E-state index contributed by atoms with van der Waals surface area (Å²) in [5.74, 6) is -5.22. The number of nitrogens with zero attached hydrogens (tertiary/aromatic N) is 8. The minimum absolute atomic E-state index is 0.0807. The van der Waals surface area contributed by atoms with Gasteiger partial charge in [-0.15, -0.1) is 0 Å². The molecular formula is C26H27F2N9O3. The summed E-state index contributed by atoms with van der Waals surface area (Å²) in [5.41, 5.74) is -1.05. The topological polar surface area (TPSA) is 138 Å². The van der Waals surface area contributed by atoms with Gasteiger partial charge in [-0.2, -0.15) is 5.10 Å². The van der Waals surface area contributed by atoms with E-state index in [1.54, 1.807) is 36.7 Å². The normalized spacial score (nSPS) is 21.7. The molecule has 6 rings (SSSR count). The Morgan fingerprint density at radius 2 is 1.80 bits per heavy atom. The molecule has 1 atom stereocenters. The molecule has 0 aliphatic carbocycles. The van der Waals surface area contributed by atoms with Crippen LogP contribution in [0.4, 0.5) is 20.4 Å². The van der Waals surface area contributed by atoms with E-state index in [2.05, 4.69) is 42.5 Å². The Labute approximate surface area is 227 Å². The SMILES string of the molecule is CN1CCC(n2cc(Nc3nccc(-c4cccc(-c5cc(C6(O)C(=O)N(C)CC6(F)F)on5)n4)n3)cn2)CC1. The smallest absolute Gasteiger partial charge is 0.309 e. The molecule has 0 radical (unpaired) electrons. The first kappa shape index (κ1) is 26.0. The molecule has 2 saturated heterocycles. The molecule has 0 spiro atoms. The number of piperidine rings is 1. The molecule has 208 valence electrons. The van der Waals surface area contributed by atoms with Crippen molar-refractivity contribution in [2.75, 3.05) is 39.0 Å². The molecule has 0 bridgehead atoms. The molecule has 2 fully saturated rings. The number of carbonyl (C=O) groups is 1. The van der Waals surface area contributed by atoms with E-state index >= 15 is 0 Å². The van der Waals surface area contributed by atoms with E-state index in [-0.39, 0.29) is 11.4 Å². The summed E-state index contributed by atoms with van der Waals surface area (Å²) in [6.45, 7) is 1.13. The number of pyridine rings is 1. The van der Waals surface area contributed by atoms with Gasteiger partial charge in [0.15, 0.2) is 5.76 Å². The highest BCUT2D eigenvalue weighted by Crippen LogP contribution is 2.45. The van der Waals surface area contributed by atoms with Gasteiger partial charge in [-0.3, -0.25) is 9.48 Å². The fourth-order valence-corrected chi connectivity index (χ4v) is 5.04. The minimum Gasteiger partial charge on any atom is -0.368 e. The first-order valence-electron chi connectivity index (χ1n) is 12.8. The van der Waals surface area contributed by atoms with Crippen molar-refractivity contribution in [3.05, 3.63) is 54.7 Å². The van der Waals surface area contributed by atoms with Crippen molar-refractivity contribution in [3.63, 3.8) is 0 Å². The van der Waals surface area contributed by atoms with Crippen molar-refractivity contribution < 1.29 is 23.2 Å². The number of hydrogen-bond donors (Lipinski definition) is 2. The summed E-state index contributed by atoms with van der Waals surface area (Å²) in [7, 11) is 3.30. The average molecular weight is 552 g/mol. The van der Waals surface area contributed by atoms with E-state index in [0.717, 1.165) is 42.6 Å². The number of nitrogens with one attached hydrogen (secondary N) is 1. The quantitative estimate of drug-likeness (QED) is 0.368. The standard InChI is InChI=1S/C26H27F2N9O3/c1-35-10-7-17(8-11-35)37-14-16(13-30-37)31-24-29-9-6-20(33-24)18-4-3-5-19(32-18)21-12-22(40-34-21)26(39)23(38)36(2)15-25(26,27)28/h3-6,9,12-14,17,39H,7-8,10-11,15H2,1-2H3,(H,29,31,33). The molecule has 6 heterocycles. The third kappa shape index (κ3) is 4.48. The van der Waals surface area contributed by atoms with Gasteiger partial charge in [-0.25, -0.2) is 23.7 Å². The van der Waals surface area contributed by atoms with Crippen molar-refractivity contribution in [1.29, 1.82) is 0 Å². The number of anilines is 2. The molecule has 2 aliphatic rings. The van der Waals surface area contributed by atoms with E-state index in [9.17, 15) is 18.7 Å². The van der Waals surface area contributed by atoms with Gasteiger partial charge in [0.05, 0.1) is 41.6 Å². The predicted octanol–water partition coefficient (Wildman–Crippen LogP) is 2.70. The van der Waals surface area contributed by atoms with Gasteiger partial charge in [0.1, 0.15) is 5.69 Å². The Balaban J connectivity index is 1.21. The summed E-state index contributed by atoms with van der Waals surface area (Å²) in [4.78, 5) is 28.8. The number of alkyl halides is 2. The minimum atomic E-state index is -3.75. The molecule has 0 aromatic carbocycles. The highest BCUT2D eigenvalue weighted by atomic mass is 19.3. The van der Waals surface area contributed by atoms with Crippen LogP contribution in [0.2, 0.25) is 0 Å². The Kier molecular flexibility index (Phi) is 6.30. The molecule has 4 aromatic rings. The van der Waals surface area contributed by atoms with Crippen molar-refractivity contribution in [1.82, 2.24) is 39.7 Å². The van der Waals surface area contributed by atoms with Gasteiger partial charge < -0.3 is 24.7 Å². The second kappa shape index (κ2) is 9.71. The van der Waals surface area contributed by atoms with Crippen LogP contribution >= 0.6 is 0 Å². The molecule has 1 amide bonds. The van der Waals surface area contributed by atoms with Crippen LogP contribution in [0.25, 0.3) is 22.8 Å². The van der Waals surface area contributed by atoms with Gasteiger partial charge in [0.2, 0.25) is 5.95 Å². The van der Waals surface area contributed by atoms with Crippen LogP contribution < -0.4 is 5.32 Å². The zero-order valence-corrected chi connectivity index (χ0v) is 21.8. The lowest BCUT2D eigenvalue weighted by atomic mass is 9.95. The van der Waals surface area contributed by atoms with Gasteiger partial charge in [-0.1, -0.05) is 11.2 Å². The number of rotatable bonds is 6. The maximum absolute atomic E-state index is 14.5. The number of aliphatic hydroxyl groups is 1. The summed E-state index contributed by atoms with van der Waals surface area (Å²) < 4.78 is 36.1. The number of aromatic nitrogens is 6. The molecule has 40 heavy (non-hydrogen) atoms. The number of likely N-dealkylation sites (N-methyl/N-ethyl adjacent to an activating group) is 1. The highest BCUT2D eigenvalue weighted by molar-refractivity contribution is 5.89. The van der Waals surface area contributed by atoms with Crippen molar-refractivity contribution in [3.8, 4) is 22.8 Å². The van der Waals surface area contributed by atoms with Crippen molar-refractivity contribution in [2.24, 2.45) is 0 Å². The highest BCUT2D eigenvalue weighted by Gasteiger charge is 2.68. The molecule has 12 nitrogen and oxygen atoms in total. The van der Waals surface area contributed by atoms with Crippen LogP contribution in [0.3, 0.4) is 0 Å². The van der Waals surface area contributed by atoms with Crippen LogP contribution in [0.1, 0.15) is 24.6 Å². The third-order valence-corrected chi connectivity index (χ3v) is 7.34. The van der Waals surface area contributed by atoms with Crippen LogP contribution in [0, 0.1) is 0 Å². The summed E-state index contributed by atoms with van der Waals surface area (Å²) in [5, 5.41) is 22.1. The van der Waals surface area contributed by atoms with Gasteiger partial charge in [0.25, 0.3) is 11.5 Å². The third-order valence-electron chi connectivity index (χ3n) is 7.34. The maximum Gasteiger partial charge on any atom is 0.309 e. The van der Waals surface area contributed by atoms with Crippen LogP contribution in [-0.2, 0) is 10.4 Å². The Morgan fingerprint density at radius 3 is 2.52 bits per heavy atom. The van der Waals surface area contributed by atoms with E-state index in [1.165, 1.54) is 7.05 Å². The zero-order valence-electron chi connectivity index (χ0n) is 21.8. The lowest BCUT2D eigenvalue weighted by molar-refractivity contribution is -0.179. The number of carbonyl (C=O) groups excluding carboxylic acids is 1. The Bertz CT molecular complexity index is 1550. The summed E-state index contributed by atoms with van der Waals surface area (Å²) in [6.07, 6.45) is 7.34. The van der Waals surface area contributed by atoms with Gasteiger partial charge in [-0.05, 0) is 51.2 Å². The second-order valence-electron chi connectivity index (χ2n) is 10.2. The largest absolute Gasteiger partial charge is 0.368 e. The van der Waals surface area contributed by atoms with E-state index in [4.69, 9.17) is 4.52 Å². The molecular weight excluding hydrogens is 524 g/mol. The first-order valence-corrected chi connectivity index (χ1v) is 12.8. The molecule has 4 aromatic heterocycles. The fraction of sp³-hybridized carbons (Fsp3) is 0.385. The maximum atomic E-state index is 14.5. The van der Waals surface area contributed by atoms with Gasteiger partial charge in [0, 0.05) is 25.5 Å². The monoisotopic (exact) mass is 551 g/mol.